The van der Waals surface area contributed by atoms with E-state index in [-0.39, 0.29) is 30.5 Å². The first-order valence-electron chi connectivity index (χ1n) is 9.70. The zero-order valence-corrected chi connectivity index (χ0v) is 17.1. The van der Waals surface area contributed by atoms with Crippen LogP contribution in [0.5, 0.6) is 11.5 Å². The topological polar surface area (TPSA) is 67.9 Å². The maximum absolute atomic E-state index is 12.9. The SMILES string of the molecule is COc1ccc([C@H]2[C@H](C(=O)NCc3ccc(OC(F)(F)F)cc3)CCC(=O)N2C)cc1. The van der Waals surface area contributed by atoms with Crippen molar-refractivity contribution in [1.29, 1.82) is 0 Å². The molecule has 1 heterocycles. The third-order valence-corrected chi connectivity index (χ3v) is 5.28. The second-order valence-corrected chi connectivity index (χ2v) is 7.28. The monoisotopic (exact) mass is 436 g/mol. The molecule has 0 spiro atoms. The van der Waals surface area contributed by atoms with Crippen molar-refractivity contribution in [2.75, 3.05) is 14.2 Å². The van der Waals surface area contributed by atoms with Crippen LogP contribution in [-0.4, -0.2) is 37.2 Å². The number of likely N-dealkylation sites (tertiary alicyclic amines) is 1. The maximum Gasteiger partial charge on any atom is 0.573 e. The summed E-state index contributed by atoms with van der Waals surface area (Å²) in [6, 6.07) is 12.1. The fraction of sp³-hybridized carbons (Fsp3) is 0.364. The number of amides is 2. The molecule has 1 saturated heterocycles. The van der Waals surface area contributed by atoms with Crippen molar-refractivity contribution in [1.82, 2.24) is 10.2 Å². The molecule has 2 aromatic rings. The molecule has 1 aliphatic rings. The summed E-state index contributed by atoms with van der Waals surface area (Å²) in [5.41, 5.74) is 1.45. The van der Waals surface area contributed by atoms with Crippen molar-refractivity contribution in [3.05, 3.63) is 59.7 Å². The molecule has 2 atom stereocenters. The first kappa shape index (κ1) is 22.5. The summed E-state index contributed by atoms with van der Waals surface area (Å²) >= 11 is 0. The Balaban J connectivity index is 1.69. The summed E-state index contributed by atoms with van der Waals surface area (Å²) in [7, 11) is 3.24. The Morgan fingerprint density at radius 3 is 2.29 bits per heavy atom. The van der Waals surface area contributed by atoms with Gasteiger partial charge in [0.05, 0.1) is 19.1 Å². The molecule has 0 aliphatic carbocycles. The second-order valence-electron chi connectivity index (χ2n) is 7.28. The van der Waals surface area contributed by atoms with Gasteiger partial charge in [0, 0.05) is 20.0 Å². The van der Waals surface area contributed by atoms with E-state index < -0.39 is 18.3 Å². The van der Waals surface area contributed by atoms with E-state index in [1.54, 1.807) is 31.2 Å². The molecule has 31 heavy (non-hydrogen) atoms. The molecule has 2 amide bonds. The number of piperidine rings is 1. The molecule has 6 nitrogen and oxygen atoms in total. The molecule has 166 valence electrons. The minimum absolute atomic E-state index is 0.0369. The van der Waals surface area contributed by atoms with Crippen LogP contribution in [0.15, 0.2) is 48.5 Å². The highest BCUT2D eigenvalue weighted by atomic mass is 19.4. The number of alkyl halides is 3. The Hall–Kier alpha value is -3.23. The first-order chi connectivity index (χ1) is 14.7. The Morgan fingerprint density at radius 1 is 1.10 bits per heavy atom. The summed E-state index contributed by atoms with van der Waals surface area (Å²) in [5, 5.41) is 2.83. The van der Waals surface area contributed by atoms with Crippen LogP contribution in [0.4, 0.5) is 13.2 Å². The van der Waals surface area contributed by atoms with Gasteiger partial charge in [-0.1, -0.05) is 24.3 Å². The number of ether oxygens (including phenoxy) is 2. The first-order valence-corrected chi connectivity index (χ1v) is 9.70. The van der Waals surface area contributed by atoms with Gasteiger partial charge in [0.2, 0.25) is 11.8 Å². The van der Waals surface area contributed by atoms with Crippen molar-refractivity contribution >= 4 is 11.8 Å². The van der Waals surface area contributed by atoms with Gasteiger partial charge in [0.15, 0.2) is 0 Å². The Kier molecular flexibility index (Phi) is 6.72. The number of nitrogens with one attached hydrogen (secondary N) is 1. The van der Waals surface area contributed by atoms with Crippen molar-refractivity contribution in [3.8, 4) is 11.5 Å². The lowest BCUT2D eigenvalue weighted by Gasteiger charge is -2.38. The molecule has 0 bridgehead atoms. The van der Waals surface area contributed by atoms with E-state index in [4.69, 9.17) is 4.74 Å². The summed E-state index contributed by atoms with van der Waals surface area (Å²) in [6.45, 7) is 0.147. The van der Waals surface area contributed by atoms with E-state index in [0.717, 1.165) is 5.56 Å². The van der Waals surface area contributed by atoms with Crippen LogP contribution in [0.2, 0.25) is 0 Å². The van der Waals surface area contributed by atoms with Gasteiger partial charge in [0.25, 0.3) is 0 Å². The third kappa shape index (κ3) is 5.68. The highest BCUT2D eigenvalue weighted by molar-refractivity contribution is 5.84. The normalized spacial score (nSPS) is 19.1. The molecule has 3 rings (SSSR count). The van der Waals surface area contributed by atoms with E-state index >= 15 is 0 Å². The lowest BCUT2D eigenvalue weighted by atomic mass is 9.84. The van der Waals surface area contributed by atoms with Crippen molar-refractivity contribution in [3.63, 3.8) is 0 Å². The average Bonchev–Trinajstić information content (AvgIpc) is 2.74. The van der Waals surface area contributed by atoms with Gasteiger partial charge < -0.3 is 19.7 Å². The predicted octanol–water partition coefficient (Wildman–Crippen LogP) is 3.82. The zero-order chi connectivity index (χ0) is 22.6. The molecule has 0 aromatic heterocycles. The number of rotatable bonds is 6. The molecule has 2 aromatic carbocycles. The third-order valence-electron chi connectivity index (χ3n) is 5.28. The van der Waals surface area contributed by atoms with Crippen LogP contribution >= 0.6 is 0 Å². The minimum Gasteiger partial charge on any atom is -0.497 e. The fourth-order valence-electron chi connectivity index (χ4n) is 3.70. The molecule has 1 fully saturated rings. The Labute approximate surface area is 177 Å². The molecule has 0 saturated carbocycles. The zero-order valence-electron chi connectivity index (χ0n) is 17.1. The van der Waals surface area contributed by atoms with Gasteiger partial charge in [0.1, 0.15) is 11.5 Å². The summed E-state index contributed by atoms with van der Waals surface area (Å²) in [6.07, 6.45) is -4.08. The predicted molar refractivity (Wildman–Crippen MR) is 106 cm³/mol. The van der Waals surface area contributed by atoms with Crippen LogP contribution in [0.3, 0.4) is 0 Å². The summed E-state index contributed by atoms with van der Waals surface area (Å²) in [4.78, 5) is 26.8. The average molecular weight is 436 g/mol. The van der Waals surface area contributed by atoms with Gasteiger partial charge in [-0.3, -0.25) is 9.59 Å². The number of benzene rings is 2. The van der Waals surface area contributed by atoms with Crippen LogP contribution in [0.1, 0.15) is 30.0 Å². The van der Waals surface area contributed by atoms with Crippen molar-refractivity contribution in [2.24, 2.45) is 5.92 Å². The lowest BCUT2D eigenvalue weighted by molar-refractivity contribution is -0.274. The number of methoxy groups -OCH3 is 1. The Morgan fingerprint density at radius 2 is 1.71 bits per heavy atom. The van der Waals surface area contributed by atoms with E-state index in [1.807, 2.05) is 12.1 Å². The van der Waals surface area contributed by atoms with Crippen LogP contribution in [-0.2, 0) is 16.1 Å². The van der Waals surface area contributed by atoms with E-state index in [2.05, 4.69) is 10.1 Å². The Bertz CT molecular complexity index is 914. The molecule has 1 N–H and O–H groups in total. The minimum atomic E-state index is -4.75. The van der Waals surface area contributed by atoms with Crippen LogP contribution in [0, 0.1) is 5.92 Å². The number of carbonyl (C=O) groups excluding carboxylic acids is 2. The van der Waals surface area contributed by atoms with Gasteiger partial charge >= 0.3 is 6.36 Å². The molecule has 0 radical (unpaired) electrons. The highest BCUT2D eigenvalue weighted by Crippen LogP contribution is 2.36. The van der Waals surface area contributed by atoms with Crippen molar-refractivity contribution in [2.45, 2.75) is 31.8 Å². The van der Waals surface area contributed by atoms with Crippen LogP contribution < -0.4 is 14.8 Å². The van der Waals surface area contributed by atoms with Gasteiger partial charge in [-0.05, 0) is 41.8 Å². The second kappa shape index (κ2) is 9.28. The van der Waals surface area contributed by atoms with Crippen molar-refractivity contribution < 1.29 is 32.2 Å². The van der Waals surface area contributed by atoms with E-state index in [0.29, 0.717) is 17.7 Å². The van der Waals surface area contributed by atoms with Gasteiger partial charge in [-0.15, -0.1) is 13.2 Å². The van der Waals surface area contributed by atoms with Crippen LogP contribution in [0.25, 0.3) is 0 Å². The molecular formula is C22H23F3N2O4. The summed E-state index contributed by atoms with van der Waals surface area (Å²) in [5.74, 6) is -0.369. The standard InChI is InChI=1S/C22H23F3N2O4/c1-27-19(28)12-11-18(20(27)15-5-9-16(30-2)10-6-15)21(29)26-13-14-3-7-17(8-4-14)31-22(23,24)25/h3-10,18,20H,11-13H2,1-2H3,(H,26,29)/t18-,20+/m1/s1. The molecule has 0 unspecified atom stereocenters. The molecular weight excluding hydrogens is 413 g/mol. The fourth-order valence-corrected chi connectivity index (χ4v) is 3.70. The largest absolute Gasteiger partial charge is 0.573 e. The van der Waals surface area contributed by atoms with Gasteiger partial charge in [-0.2, -0.15) is 0 Å². The highest BCUT2D eigenvalue weighted by Gasteiger charge is 2.38. The molecule has 1 aliphatic heterocycles. The lowest BCUT2D eigenvalue weighted by Crippen LogP contribution is -2.46. The van der Waals surface area contributed by atoms with E-state index in [9.17, 15) is 22.8 Å². The smallest absolute Gasteiger partial charge is 0.497 e. The number of nitrogens with zero attached hydrogens (tertiary/aromatic N) is 1. The molecule has 9 heteroatoms. The van der Waals surface area contributed by atoms with E-state index in [1.165, 1.54) is 24.3 Å². The number of carbonyl (C=O) groups is 2. The number of halogens is 3. The quantitative estimate of drug-likeness (QED) is 0.748. The summed E-state index contributed by atoms with van der Waals surface area (Å²) < 4.78 is 45.8. The van der Waals surface area contributed by atoms with Gasteiger partial charge in [-0.25, -0.2) is 0 Å². The number of hydrogen-bond donors (Lipinski definition) is 1. The maximum atomic E-state index is 12.9. The number of hydrogen-bond acceptors (Lipinski definition) is 4.